The topological polar surface area (TPSA) is 50.4 Å². The number of hydrogen-bond donors (Lipinski definition) is 2. The molecule has 0 unspecified atom stereocenters. The summed E-state index contributed by atoms with van der Waals surface area (Å²) in [6, 6.07) is 0. The highest BCUT2D eigenvalue weighted by molar-refractivity contribution is 7.80. The van der Waals surface area contributed by atoms with Crippen molar-refractivity contribution in [3.05, 3.63) is 28.2 Å². The van der Waals surface area contributed by atoms with Crippen LogP contribution in [0, 0.1) is 13.8 Å². The van der Waals surface area contributed by atoms with Crippen molar-refractivity contribution in [2.75, 3.05) is 19.0 Å². The molecule has 0 aliphatic rings. The van der Waals surface area contributed by atoms with E-state index in [4.69, 9.17) is 17.0 Å². The third-order valence-corrected chi connectivity index (χ3v) is 3.92. The lowest BCUT2D eigenvalue weighted by molar-refractivity contribution is 0.0601. The lowest BCUT2D eigenvalue weighted by Crippen LogP contribution is -2.29. The zero-order chi connectivity index (χ0) is 14.6. The van der Waals surface area contributed by atoms with Gasteiger partial charge in [-0.2, -0.15) is 0 Å². The molecule has 0 bridgehead atoms. The quantitative estimate of drug-likeness (QED) is 0.508. The van der Waals surface area contributed by atoms with E-state index in [1.54, 1.807) is 0 Å². The molecule has 1 heterocycles. The van der Waals surface area contributed by atoms with Gasteiger partial charge in [0.1, 0.15) is 5.00 Å². The summed E-state index contributed by atoms with van der Waals surface area (Å²) in [7, 11) is 1.37. The van der Waals surface area contributed by atoms with Crippen molar-refractivity contribution in [2.45, 2.75) is 20.8 Å². The smallest absolute Gasteiger partial charge is 0.341 e. The van der Waals surface area contributed by atoms with E-state index in [1.165, 1.54) is 18.4 Å². The normalized spacial score (nSPS) is 9.89. The highest BCUT2D eigenvalue weighted by Crippen LogP contribution is 2.32. The van der Waals surface area contributed by atoms with Crippen molar-refractivity contribution in [2.24, 2.45) is 0 Å². The minimum Gasteiger partial charge on any atom is -0.465 e. The molecular formula is C13H18N2O2S2. The van der Waals surface area contributed by atoms with Gasteiger partial charge >= 0.3 is 5.97 Å². The second kappa shape index (κ2) is 6.68. The molecule has 0 aliphatic heterocycles. The summed E-state index contributed by atoms with van der Waals surface area (Å²) in [5.74, 6) is -0.355. The van der Waals surface area contributed by atoms with E-state index in [0.717, 1.165) is 16.0 Å². The zero-order valence-electron chi connectivity index (χ0n) is 11.5. The van der Waals surface area contributed by atoms with Gasteiger partial charge in [0.05, 0.1) is 12.7 Å². The van der Waals surface area contributed by atoms with Gasteiger partial charge in [-0.05, 0) is 38.6 Å². The van der Waals surface area contributed by atoms with Crippen molar-refractivity contribution in [3.63, 3.8) is 0 Å². The SMILES string of the molecule is C=C(C)CNC(=S)Nc1sc(C)c(C)c1C(=O)OC. The number of esters is 1. The molecule has 1 aromatic heterocycles. The maximum atomic E-state index is 11.8. The largest absolute Gasteiger partial charge is 0.465 e. The summed E-state index contributed by atoms with van der Waals surface area (Å²) in [5, 5.41) is 7.23. The molecule has 19 heavy (non-hydrogen) atoms. The van der Waals surface area contributed by atoms with Crippen LogP contribution < -0.4 is 10.6 Å². The van der Waals surface area contributed by atoms with Crippen molar-refractivity contribution < 1.29 is 9.53 Å². The number of carbonyl (C=O) groups is 1. The first-order valence-corrected chi connectivity index (χ1v) is 6.96. The molecule has 1 rings (SSSR count). The first-order chi connectivity index (χ1) is 8.86. The van der Waals surface area contributed by atoms with Crippen LogP contribution in [0.2, 0.25) is 0 Å². The average molecular weight is 298 g/mol. The molecule has 2 N–H and O–H groups in total. The van der Waals surface area contributed by atoms with Gasteiger partial charge in [-0.25, -0.2) is 4.79 Å². The van der Waals surface area contributed by atoms with Crippen molar-refractivity contribution >= 4 is 39.6 Å². The highest BCUT2D eigenvalue weighted by atomic mass is 32.1. The number of methoxy groups -OCH3 is 1. The number of nitrogens with one attached hydrogen (secondary N) is 2. The Hall–Kier alpha value is -1.40. The lowest BCUT2D eigenvalue weighted by Gasteiger charge is -2.10. The van der Waals surface area contributed by atoms with Crippen LogP contribution in [0.3, 0.4) is 0 Å². The number of thiophene rings is 1. The molecule has 0 saturated heterocycles. The van der Waals surface area contributed by atoms with Gasteiger partial charge in [0.2, 0.25) is 0 Å². The molecule has 0 spiro atoms. The predicted molar refractivity (Wildman–Crippen MR) is 84.2 cm³/mol. The van der Waals surface area contributed by atoms with E-state index in [9.17, 15) is 4.79 Å². The van der Waals surface area contributed by atoms with Crippen molar-refractivity contribution in [1.29, 1.82) is 0 Å². The average Bonchev–Trinajstić information content (AvgIpc) is 2.61. The molecule has 0 fully saturated rings. The number of rotatable bonds is 4. The maximum absolute atomic E-state index is 11.8. The van der Waals surface area contributed by atoms with Gasteiger partial charge in [0.15, 0.2) is 5.11 Å². The number of ether oxygens (including phenoxy) is 1. The highest BCUT2D eigenvalue weighted by Gasteiger charge is 2.20. The number of carbonyl (C=O) groups excluding carboxylic acids is 1. The monoisotopic (exact) mass is 298 g/mol. The molecule has 0 aromatic carbocycles. The fourth-order valence-electron chi connectivity index (χ4n) is 1.44. The molecule has 6 heteroatoms. The molecule has 0 radical (unpaired) electrons. The van der Waals surface area contributed by atoms with Gasteiger partial charge in [0, 0.05) is 11.4 Å². The second-order valence-corrected chi connectivity index (χ2v) is 5.88. The predicted octanol–water partition coefficient (Wildman–Crippen LogP) is 3.01. The molecule has 0 saturated carbocycles. The van der Waals surface area contributed by atoms with Crippen LogP contribution in [0.4, 0.5) is 5.00 Å². The van der Waals surface area contributed by atoms with Gasteiger partial charge in [0.25, 0.3) is 0 Å². The van der Waals surface area contributed by atoms with E-state index in [2.05, 4.69) is 17.2 Å². The van der Waals surface area contributed by atoms with Crippen LogP contribution in [0.25, 0.3) is 0 Å². The van der Waals surface area contributed by atoms with Gasteiger partial charge < -0.3 is 15.4 Å². The Labute approximate surface area is 122 Å². The molecule has 0 atom stereocenters. The van der Waals surface area contributed by atoms with E-state index in [1.807, 2.05) is 20.8 Å². The first-order valence-electron chi connectivity index (χ1n) is 5.74. The first kappa shape index (κ1) is 15.7. The van der Waals surface area contributed by atoms with Crippen LogP contribution in [0.15, 0.2) is 12.2 Å². The third kappa shape index (κ3) is 4.04. The van der Waals surface area contributed by atoms with Crippen LogP contribution in [0.1, 0.15) is 27.7 Å². The summed E-state index contributed by atoms with van der Waals surface area (Å²) in [6.07, 6.45) is 0. The summed E-state index contributed by atoms with van der Waals surface area (Å²) in [5.41, 5.74) is 2.45. The Morgan fingerprint density at radius 1 is 1.47 bits per heavy atom. The Morgan fingerprint density at radius 3 is 2.63 bits per heavy atom. The number of hydrogen-bond acceptors (Lipinski definition) is 4. The van der Waals surface area contributed by atoms with Crippen molar-refractivity contribution in [1.82, 2.24) is 5.32 Å². The molecular weight excluding hydrogens is 280 g/mol. The van der Waals surface area contributed by atoms with Crippen LogP contribution >= 0.6 is 23.6 Å². The van der Waals surface area contributed by atoms with Crippen molar-refractivity contribution in [3.8, 4) is 0 Å². The summed E-state index contributed by atoms with van der Waals surface area (Å²) >= 11 is 6.67. The van der Waals surface area contributed by atoms with E-state index in [-0.39, 0.29) is 5.97 Å². The number of anilines is 1. The molecule has 0 aliphatic carbocycles. The molecule has 1 aromatic rings. The van der Waals surface area contributed by atoms with Gasteiger partial charge in [-0.1, -0.05) is 12.2 Å². The summed E-state index contributed by atoms with van der Waals surface area (Å²) < 4.78 is 4.80. The summed E-state index contributed by atoms with van der Waals surface area (Å²) in [4.78, 5) is 12.8. The molecule has 4 nitrogen and oxygen atoms in total. The standard InChI is InChI=1S/C13H18N2O2S2/c1-7(2)6-14-13(18)15-11-10(12(16)17-5)8(3)9(4)19-11/h1,6H2,2-5H3,(H2,14,15,18). The van der Waals surface area contributed by atoms with Crippen LogP contribution in [-0.4, -0.2) is 24.7 Å². The minimum absolute atomic E-state index is 0.355. The summed E-state index contributed by atoms with van der Waals surface area (Å²) in [6.45, 7) is 10.2. The molecule has 104 valence electrons. The second-order valence-electron chi connectivity index (χ2n) is 4.24. The van der Waals surface area contributed by atoms with E-state index in [0.29, 0.717) is 22.2 Å². The number of aryl methyl sites for hydroxylation is 1. The Kier molecular flexibility index (Phi) is 5.50. The van der Waals surface area contributed by atoms with Crippen LogP contribution in [0.5, 0.6) is 0 Å². The van der Waals surface area contributed by atoms with E-state index < -0.39 is 0 Å². The number of thiocarbonyl (C=S) groups is 1. The Morgan fingerprint density at radius 2 is 2.11 bits per heavy atom. The maximum Gasteiger partial charge on any atom is 0.341 e. The minimum atomic E-state index is -0.355. The lowest BCUT2D eigenvalue weighted by atomic mass is 10.1. The van der Waals surface area contributed by atoms with E-state index >= 15 is 0 Å². The molecule has 0 amide bonds. The van der Waals surface area contributed by atoms with Gasteiger partial charge in [-0.15, -0.1) is 11.3 Å². The Bertz CT molecular complexity index is 521. The fourth-order valence-corrected chi connectivity index (χ4v) is 2.73. The third-order valence-electron chi connectivity index (χ3n) is 2.55. The Balaban J connectivity index is 2.89. The van der Waals surface area contributed by atoms with Crippen LogP contribution in [-0.2, 0) is 4.74 Å². The zero-order valence-corrected chi connectivity index (χ0v) is 13.2. The fraction of sp³-hybridized carbons (Fsp3) is 0.385. The van der Waals surface area contributed by atoms with Gasteiger partial charge in [-0.3, -0.25) is 0 Å².